The van der Waals surface area contributed by atoms with E-state index in [4.69, 9.17) is 16.3 Å². The monoisotopic (exact) mass is 534 g/mol. The topological polar surface area (TPSA) is 45.6 Å². The number of nitrogens with zero attached hydrogens (tertiary/aromatic N) is 2. The molecule has 1 aliphatic heterocycles. The zero-order chi connectivity index (χ0) is 26.3. The van der Waals surface area contributed by atoms with Crippen LogP contribution in [0, 0.1) is 5.82 Å². The minimum absolute atomic E-state index is 0.00720. The smallest absolute Gasteiger partial charge is 0.416 e. The lowest BCUT2D eigenvalue weighted by atomic mass is 9.98. The van der Waals surface area contributed by atoms with Gasteiger partial charge in [0.25, 0.3) is 0 Å². The lowest BCUT2D eigenvalue weighted by Crippen LogP contribution is -2.33. The van der Waals surface area contributed by atoms with Crippen molar-refractivity contribution in [1.29, 1.82) is 0 Å². The number of rotatable bonds is 3. The third kappa shape index (κ3) is 5.58. The molecular formula is C24H18ClF7N2O2. The van der Waals surface area contributed by atoms with Crippen LogP contribution in [0.15, 0.2) is 48.5 Å². The third-order valence-corrected chi connectivity index (χ3v) is 5.82. The van der Waals surface area contributed by atoms with Crippen LogP contribution in [-0.2, 0) is 18.9 Å². The molecular weight excluding hydrogens is 517 g/mol. The first-order valence-corrected chi connectivity index (χ1v) is 11.0. The van der Waals surface area contributed by atoms with Crippen molar-refractivity contribution >= 4 is 11.6 Å². The molecule has 1 N–H and O–H groups in total. The summed E-state index contributed by atoms with van der Waals surface area (Å²) in [4.78, 5) is 5.33. The molecule has 0 amide bonds. The van der Waals surface area contributed by atoms with Crippen molar-refractivity contribution in [2.75, 3.05) is 13.2 Å². The molecule has 2 aromatic carbocycles. The average molecular weight is 535 g/mol. The molecule has 1 atom stereocenters. The van der Waals surface area contributed by atoms with Crippen LogP contribution in [0.2, 0.25) is 5.15 Å². The van der Waals surface area contributed by atoms with E-state index in [-0.39, 0.29) is 58.9 Å². The predicted octanol–water partition coefficient (Wildman–Crippen LogP) is 6.85. The van der Waals surface area contributed by atoms with E-state index in [1.165, 1.54) is 29.2 Å². The number of halogens is 8. The highest BCUT2D eigenvalue weighted by Gasteiger charge is 2.37. The fraction of sp³-hybridized carbons (Fsp3) is 0.292. The van der Waals surface area contributed by atoms with E-state index in [1.807, 2.05) is 0 Å². The first kappa shape index (κ1) is 26.2. The van der Waals surface area contributed by atoms with Crippen LogP contribution in [-0.4, -0.2) is 28.1 Å². The Morgan fingerprint density at radius 3 is 2.22 bits per heavy atom. The molecule has 4 rings (SSSR count). The molecule has 3 aromatic rings. The summed E-state index contributed by atoms with van der Waals surface area (Å²) in [5.41, 5.74) is -3.06. The van der Waals surface area contributed by atoms with Crippen LogP contribution in [0.1, 0.15) is 34.9 Å². The first-order valence-electron chi connectivity index (χ1n) is 10.6. The summed E-state index contributed by atoms with van der Waals surface area (Å²) in [5, 5.41) is 11.2. The standard InChI is InChI=1S/C24H18ClF7N2O2/c25-19-11-17(16-4-1-2-5-18(16)26)20-21(33-19)36-7-3-6-34(22(20)35)12-13-8-14(23(27,28)29)10-15(9-13)24(30,31)32/h1-2,4-5,8-11,22,35H,3,6-7,12H2. The van der Waals surface area contributed by atoms with Crippen molar-refractivity contribution in [3.63, 3.8) is 0 Å². The Bertz CT molecular complexity index is 1230. The number of benzene rings is 2. The lowest BCUT2D eigenvalue weighted by Gasteiger charge is -2.32. The van der Waals surface area contributed by atoms with E-state index in [0.717, 1.165) is 0 Å². The molecule has 0 aliphatic carbocycles. The Morgan fingerprint density at radius 2 is 1.61 bits per heavy atom. The predicted molar refractivity (Wildman–Crippen MR) is 117 cm³/mol. The normalized spacial score (nSPS) is 17.2. The van der Waals surface area contributed by atoms with Gasteiger partial charge in [-0.1, -0.05) is 29.8 Å². The maximum absolute atomic E-state index is 14.6. The largest absolute Gasteiger partial charge is 0.477 e. The van der Waals surface area contributed by atoms with E-state index >= 15 is 0 Å². The third-order valence-electron chi connectivity index (χ3n) is 5.62. The van der Waals surface area contributed by atoms with Crippen molar-refractivity contribution in [2.45, 2.75) is 31.5 Å². The van der Waals surface area contributed by atoms with Crippen molar-refractivity contribution in [3.05, 3.63) is 81.8 Å². The molecule has 1 aromatic heterocycles. The van der Waals surface area contributed by atoms with Crippen molar-refractivity contribution < 1.29 is 40.6 Å². The van der Waals surface area contributed by atoms with Gasteiger partial charge in [-0.2, -0.15) is 26.3 Å². The highest BCUT2D eigenvalue weighted by atomic mass is 35.5. The van der Waals surface area contributed by atoms with E-state index in [9.17, 15) is 35.8 Å². The zero-order valence-corrected chi connectivity index (χ0v) is 19.1. The van der Waals surface area contributed by atoms with Gasteiger partial charge in [-0.15, -0.1) is 0 Å². The number of alkyl halides is 6. The average Bonchev–Trinajstić information content (AvgIpc) is 2.78. The Hall–Kier alpha value is -2.89. The molecule has 0 saturated carbocycles. The molecule has 1 aliphatic rings. The first-order chi connectivity index (χ1) is 16.8. The highest BCUT2D eigenvalue weighted by Crippen LogP contribution is 2.41. The molecule has 1 unspecified atom stereocenters. The number of hydrogen-bond acceptors (Lipinski definition) is 4. The second-order valence-corrected chi connectivity index (χ2v) is 8.54. The summed E-state index contributed by atoms with van der Waals surface area (Å²) < 4.78 is 100. The number of ether oxygens (including phenoxy) is 1. The number of pyridine rings is 1. The maximum Gasteiger partial charge on any atom is 0.416 e. The van der Waals surface area contributed by atoms with E-state index in [2.05, 4.69) is 4.98 Å². The number of aliphatic hydroxyl groups is 1. The van der Waals surface area contributed by atoms with Crippen molar-refractivity contribution in [1.82, 2.24) is 9.88 Å². The maximum atomic E-state index is 14.6. The molecule has 0 saturated heterocycles. The summed E-state index contributed by atoms with van der Waals surface area (Å²) >= 11 is 6.09. The molecule has 0 bridgehead atoms. The molecule has 0 fully saturated rings. The fourth-order valence-corrected chi connectivity index (χ4v) is 4.20. The van der Waals surface area contributed by atoms with Gasteiger partial charge in [-0.05, 0) is 42.3 Å². The molecule has 0 spiro atoms. The number of aromatic nitrogens is 1. The zero-order valence-electron chi connectivity index (χ0n) is 18.3. The summed E-state index contributed by atoms with van der Waals surface area (Å²) in [7, 11) is 0. The van der Waals surface area contributed by atoms with Crippen LogP contribution < -0.4 is 4.74 Å². The number of aliphatic hydroxyl groups excluding tert-OH is 1. The minimum Gasteiger partial charge on any atom is -0.477 e. The Balaban J connectivity index is 1.80. The van der Waals surface area contributed by atoms with Gasteiger partial charge in [0, 0.05) is 24.2 Å². The molecule has 4 nitrogen and oxygen atoms in total. The van der Waals surface area contributed by atoms with E-state index in [1.54, 1.807) is 6.07 Å². The van der Waals surface area contributed by atoms with Crippen LogP contribution in [0.3, 0.4) is 0 Å². The van der Waals surface area contributed by atoms with Gasteiger partial charge in [0.1, 0.15) is 17.2 Å². The van der Waals surface area contributed by atoms with Crippen molar-refractivity contribution in [3.8, 4) is 17.0 Å². The summed E-state index contributed by atoms with van der Waals surface area (Å²) in [6, 6.07) is 8.18. The lowest BCUT2D eigenvalue weighted by molar-refractivity contribution is -0.143. The van der Waals surface area contributed by atoms with Gasteiger partial charge in [0.15, 0.2) is 0 Å². The van der Waals surface area contributed by atoms with E-state index < -0.39 is 42.1 Å². The minimum atomic E-state index is -5.01. The summed E-state index contributed by atoms with van der Waals surface area (Å²) in [6.45, 7) is -0.346. The summed E-state index contributed by atoms with van der Waals surface area (Å²) in [6.07, 6.45) is -11.4. The fourth-order valence-electron chi connectivity index (χ4n) is 4.02. The SMILES string of the molecule is OC1c2c(-c3ccccc3F)cc(Cl)nc2OCCCN1Cc1cc(C(F)(F)F)cc(C(F)(F)F)c1. The summed E-state index contributed by atoms with van der Waals surface area (Å²) in [5.74, 6) is -0.756. The van der Waals surface area contributed by atoms with Crippen LogP contribution in [0.5, 0.6) is 5.88 Å². The molecule has 192 valence electrons. The molecule has 0 radical (unpaired) electrons. The van der Waals surface area contributed by atoms with E-state index in [0.29, 0.717) is 12.1 Å². The molecule has 12 heteroatoms. The Kier molecular flexibility index (Phi) is 7.18. The van der Waals surface area contributed by atoms with Gasteiger partial charge in [0.2, 0.25) is 5.88 Å². The Morgan fingerprint density at radius 1 is 0.972 bits per heavy atom. The second kappa shape index (κ2) is 9.87. The second-order valence-electron chi connectivity index (χ2n) is 8.15. The quantitative estimate of drug-likeness (QED) is 0.295. The van der Waals surface area contributed by atoms with Crippen LogP contribution in [0.25, 0.3) is 11.1 Å². The van der Waals surface area contributed by atoms with Gasteiger partial charge in [-0.25, -0.2) is 9.37 Å². The van der Waals surface area contributed by atoms with Gasteiger partial charge < -0.3 is 9.84 Å². The number of hydrogen-bond donors (Lipinski definition) is 1. The van der Waals surface area contributed by atoms with Gasteiger partial charge >= 0.3 is 12.4 Å². The highest BCUT2D eigenvalue weighted by molar-refractivity contribution is 6.29. The van der Waals surface area contributed by atoms with Gasteiger partial charge in [0.05, 0.1) is 23.3 Å². The van der Waals surface area contributed by atoms with Crippen molar-refractivity contribution in [2.24, 2.45) is 0 Å². The van der Waals surface area contributed by atoms with Gasteiger partial charge in [-0.3, -0.25) is 4.90 Å². The molecule has 36 heavy (non-hydrogen) atoms. The molecule has 2 heterocycles. The number of fused-ring (bicyclic) bond motifs is 1. The van der Waals surface area contributed by atoms with Crippen LogP contribution >= 0.6 is 11.6 Å². The Labute approximate surface area is 205 Å². The van der Waals surface area contributed by atoms with Crippen LogP contribution in [0.4, 0.5) is 30.7 Å².